The molecule has 1 heterocycles. The Morgan fingerprint density at radius 3 is 1.97 bits per heavy atom. The van der Waals surface area contributed by atoms with Crippen LogP contribution in [0.1, 0.15) is 50.4 Å². The first-order valence-corrected chi connectivity index (χ1v) is 14.7. The van der Waals surface area contributed by atoms with Gasteiger partial charge in [0.15, 0.2) is 8.32 Å². The molecule has 0 fully saturated rings. The molecule has 1 N–H and O–H groups in total. The van der Waals surface area contributed by atoms with E-state index in [9.17, 15) is 31.4 Å². The predicted molar refractivity (Wildman–Crippen MR) is 130 cm³/mol. The first kappa shape index (κ1) is 28.5. The lowest BCUT2D eigenvalue weighted by Gasteiger charge is -2.44. The average Bonchev–Trinajstić information content (AvgIpc) is 3.15. The van der Waals surface area contributed by atoms with Gasteiger partial charge in [-0.2, -0.15) is 26.3 Å². The molecule has 2 aromatic rings. The number of aliphatic hydroxyl groups excluding tert-OH is 1. The Bertz CT molecular complexity index is 1000. The van der Waals surface area contributed by atoms with Crippen molar-refractivity contribution in [2.75, 3.05) is 11.5 Å². The molecular formula is C26H33F6NO2Si. The maximum Gasteiger partial charge on any atom is 0.429 e. The lowest BCUT2D eigenvalue weighted by atomic mass is 9.90. The van der Waals surface area contributed by atoms with Crippen LogP contribution in [0.4, 0.5) is 32.0 Å². The van der Waals surface area contributed by atoms with Crippen molar-refractivity contribution >= 4 is 14.0 Å². The number of rotatable bonds is 9. The number of nitrogens with zero attached hydrogens (tertiary/aromatic N) is 1. The minimum atomic E-state index is -5.71. The SMILES string of the molecule is CC[Si](CC)(CC)OC(c1ccc2c(c1)CC(C)N2C(CO)c1ccccc1)(C(F)(F)F)C(F)(F)F. The van der Waals surface area contributed by atoms with E-state index in [-0.39, 0.29) is 37.2 Å². The van der Waals surface area contributed by atoms with Crippen LogP contribution >= 0.6 is 0 Å². The Labute approximate surface area is 209 Å². The molecule has 0 aliphatic carbocycles. The highest BCUT2D eigenvalue weighted by molar-refractivity contribution is 6.73. The van der Waals surface area contributed by atoms with Gasteiger partial charge >= 0.3 is 12.4 Å². The number of hydrogen-bond acceptors (Lipinski definition) is 3. The lowest BCUT2D eigenvalue weighted by molar-refractivity contribution is -0.369. The van der Waals surface area contributed by atoms with Gasteiger partial charge < -0.3 is 14.4 Å². The molecule has 10 heteroatoms. The van der Waals surface area contributed by atoms with Crippen LogP contribution in [-0.4, -0.2) is 38.4 Å². The topological polar surface area (TPSA) is 32.7 Å². The second-order valence-corrected chi connectivity index (χ2v) is 14.1. The van der Waals surface area contributed by atoms with E-state index in [0.29, 0.717) is 11.3 Å². The summed E-state index contributed by atoms with van der Waals surface area (Å²) in [5, 5.41) is 10.1. The number of benzene rings is 2. The van der Waals surface area contributed by atoms with Crippen LogP contribution in [0.5, 0.6) is 0 Å². The van der Waals surface area contributed by atoms with Gasteiger partial charge in [0.1, 0.15) is 0 Å². The Kier molecular flexibility index (Phi) is 8.22. The van der Waals surface area contributed by atoms with Crippen LogP contribution in [-0.2, 0) is 16.4 Å². The zero-order chi connectivity index (χ0) is 26.9. The summed E-state index contributed by atoms with van der Waals surface area (Å²) in [6.45, 7) is 6.36. The van der Waals surface area contributed by atoms with Gasteiger partial charge in [-0.05, 0) is 48.7 Å². The molecule has 0 saturated heterocycles. The van der Waals surface area contributed by atoms with Crippen LogP contribution in [0.15, 0.2) is 48.5 Å². The monoisotopic (exact) mass is 533 g/mol. The zero-order valence-electron chi connectivity index (χ0n) is 20.9. The van der Waals surface area contributed by atoms with Crippen molar-refractivity contribution in [3.05, 3.63) is 65.2 Å². The van der Waals surface area contributed by atoms with Crippen molar-refractivity contribution in [2.45, 2.75) is 82.3 Å². The lowest BCUT2D eigenvalue weighted by Crippen LogP contribution is -2.61. The Morgan fingerprint density at radius 1 is 0.944 bits per heavy atom. The number of hydrogen-bond donors (Lipinski definition) is 1. The average molecular weight is 534 g/mol. The summed E-state index contributed by atoms with van der Waals surface area (Å²) in [4.78, 5) is 1.86. The predicted octanol–water partition coefficient (Wildman–Crippen LogP) is 7.51. The molecule has 0 amide bonds. The summed E-state index contributed by atoms with van der Waals surface area (Å²) in [6, 6.07) is 12.0. The van der Waals surface area contributed by atoms with E-state index in [1.807, 2.05) is 42.2 Å². The zero-order valence-corrected chi connectivity index (χ0v) is 21.9. The third-order valence-corrected chi connectivity index (χ3v) is 12.2. The molecule has 2 unspecified atom stereocenters. The number of alkyl halides is 6. The fourth-order valence-electron chi connectivity index (χ4n) is 5.33. The molecule has 0 spiro atoms. The van der Waals surface area contributed by atoms with Crippen molar-refractivity contribution in [1.82, 2.24) is 0 Å². The molecule has 36 heavy (non-hydrogen) atoms. The second kappa shape index (κ2) is 10.4. The van der Waals surface area contributed by atoms with E-state index < -0.39 is 37.9 Å². The largest absolute Gasteiger partial charge is 0.429 e. The fraction of sp³-hybridized carbons (Fsp3) is 0.538. The third kappa shape index (κ3) is 4.79. The summed E-state index contributed by atoms with van der Waals surface area (Å²) >= 11 is 0. The quantitative estimate of drug-likeness (QED) is 0.267. The van der Waals surface area contributed by atoms with Gasteiger partial charge in [0.25, 0.3) is 5.60 Å². The second-order valence-electron chi connectivity index (χ2n) is 9.44. The highest BCUT2D eigenvalue weighted by Gasteiger charge is 2.74. The Hall–Kier alpha value is -2.04. The van der Waals surface area contributed by atoms with Crippen molar-refractivity contribution in [2.24, 2.45) is 0 Å². The van der Waals surface area contributed by atoms with Crippen LogP contribution in [0, 0.1) is 0 Å². The van der Waals surface area contributed by atoms with Crippen LogP contribution in [0.2, 0.25) is 18.1 Å². The normalized spacial score (nSPS) is 17.9. The van der Waals surface area contributed by atoms with Crippen LogP contribution in [0.25, 0.3) is 0 Å². The first-order chi connectivity index (χ1) is 16.8. The van der Waals surface area contributed by atoms with Crippen molar-refractivity contribution < 1.29 is 35.9 Å². The number of halogens is 6. The van der Waals surface area contributed by atoms with Gasteiger partial charge in [-0.3, -0.25) is 0 Å². The molecular weight excluding hydrogens is 500 g/mol. The maximum atomic E-state index is 14.5. The molecule has 3 nitrogen and oxygen atoms in total. The molecule has 3 rings (SSSR count). The number of fused-ring (bicyclic) bond motifs is 1. The Balaban J connectivity index is 2.18. The van der Waals surface area contributed by atoms with E-state index in [2.05, 4.69) is 0 Å². The molecule has 0 bridgehead atoms. The molecule has 0 aromatic heterocycles. The fourth-order valence-corrected chi connectivity index (χ4v) is 8.26. The molecule has 200 valence electrons. The minimum Gasteiger partial charge on any atom is -0.394 e. The van der Waals surface area contributed by atoms with Crippen molar-refractivity contribution in [3.8, 4) is 0 Å². The van der Waals surface area contributed by atoms with Crippen LogP contribution in [0.3, 0.4) is 0 Å². The molecule has 1 aliphatic rings. The summed E-state index contributed by atoms with van der Waals surface area (Å²) in [5.74, 6) is 0. The van der Waals surface area contributed by atoms with Crippen molar-refractivity contribution in [3.63, 3.8) is 0 Å². The summed E-state index contributed by atoms with van der Waals surface area (Å²) in [5.41, 5.74) is -3.67. The smallest absolute Gasteiger partial charge is 0.394 e. The van der Waals surface area contributed by atoms with Gasteiger partial charge in [-0.15, -0.1) is 0 Å². The maximum absolute atomic E-state index is 14.5. The van der Waals surface area contributed by atoms with Crippen molar-refractivity contribution in [1.29, 1.82) is 0 Å². The van der Waals surface area contributed by atoms with E-state index in [0.717, 1.165) is 17.7 Å². The number of anilines is 1. The van der Waals surface area contributed by atoms with Gasteiger partial charge in [0.2, 0.25) is 0 Å². The Morgan fingerprint density at radius 2 is 1.50 bits per heavy atom. The molecule has 0 saturated carbocycles. The minimum absolute atomic E-state index is 0.138. The molecule has 0 radical (unpaired) electrons. The standard InChI is InChI=1S/C26H33F6NO2Si/c1-5-36(6-2,7-3)35-24(25(27,28)29,26(30,31)32)21-13-14-22-20(16-21)15-18(4)33(22)23(17-34)19-11-9-8-10-12-19/h8-14,16,18,23,34H,5-7,15,17H2,1-4H3. The van der Waals surface area contributed by atoms with Gasteiger partial charge in [-0.1, -0.05) is 63.2 Å². The van der Waals surface area contributed by atoms with E-state index in [1.165, 1.54) is 6.07 Å². The summed E-state index contributed by atoms with van der Waals surface area (Å²) in [7, 11) is -3.36. The van der Waals surface area contributed by atoms with Gasteiger partial charge in [0, 0.05) is 17.3 Å². The van der Waals surface area contributed by atoms with E-state index in [1.54, 1.807) is 20.8 Å². The molecule has 2 atom stereocenters. The highest BCUT2D eigenvalue weighted by Crippen LogP contribution is 2.56. The first-order valence-electron chi connectivity index (χ1n) is 12.2. The highest BCUT2D eigenvalue weighted by atomic mass is 28.4. The molecule has 2 aromatic carbocycles. The third-order valence-electron chi connectivity index (χ3n) is 7.55. The number of aliphatic hydroxyl groups is 1. The van der Waals surface area contributed by atoms with Gasteiger partial charge in [-0.25, -0.2) is 0 Å². The summed E-state index contributed by atoms with van der Waals surface area (Å²) in [6.07, 6.45) is -11.2. The van der Waals surface area contributed by atoms with Gasteiger partial charge in [0.05, 0.1) is 12.6 Å². The molecule has 1 aliphatic heterocycles. The van der Waals surface area contributed by atoms with E-state index >= 15 is 0 Å². The van der Waals surface area contributed by atoms with Crippen LogP contribution < -0.4 is 4.90 Å². The van der Waals surface area contributed by atoms with E-state index in [4.69, 9.17) is 4.43 Å². The summed E-state index contributed by atoms with van der Waals surface area (Å²) < 4.78 is 92.6.